The van der Waals surface area contributed by atoms with Gasteiger partial charge in [0, 0.05) is 12.6 Å². The number of benzene rings is 1. The van der Waals surface area contributed by atoms with Gasteiger partial charge in [-0.15, -0.1) is 0 Å². The highest BCUT2D eigenvalue weighted by Gasteiger charge is 2.23. The van der Waals surface area contributed by atoms with Crippen molar-refractivity contribution >= 4 is 22.6 Å². The van der Waals surface area contributed by atoms with E-state index in [1.165, 1.54) is 0 Å². The summed E-state index contributed by atoms with van der Waals surface area (Å²) < 4.78 is 7.95. The zero-order chi connectivity index (χ0) is 23.6. The summed E-state index contributed by atoms with van der Waals surface area (Å²) in [5.41, 5.74) is 14.4. The lowest BCUT2D eigenvalue weighted by molar-refractivity contribution is 0.143. The molecule has 0 aliphatic carbocycles. The third-order valence-electron chi connectivity index (χ3n) is 5.08. The van der Waals surface area contributed by atoms with Crippen molar-refractivity contribution in [2.75, 3.05) is 13.3 Å². The number of rotatable bonds is 6. The number of hydrogen-bond donors (Lipinski definition) is 3. The SMILES string of the molecule is CCn1c(C2=NCN=C2N)nc2c(C#CC(C)(C)O)nc(OC[C@H](N)c3ccccc3)cc21. The minimum Gasteiger partial charge on any atom is -0.476 e. The molecule has 0 saturated carbocycles. The number of imidazole rings is 1. The number of nitrogens with zero attached hydrogens (tertiary/aromatic N) is 5. The summed E-state index contributed by atoms with van der Waals surface area (Å²) in [5.74, 6) is 7.07. The maximum Gasteiger partial charge on any atom is 0.216 e. The summed E-state index contributed by atoms with van der Waals surface area (Å²) in [6.07, 6.45) is 0. The average molecular weight is 446 g/mol. The predicted octanol–water partition coefficient (Wildman–Crippen LogP) is 1.77. The molecule has 1 aromatic carbocycles. The van der Waals surface area contributed by atoms with Crippen molar-refractivity contribution in [1.29, 1.82) is 0 Å². The molecule has 170 valence electrons. The Balaban J connectivity index is 1.77. The van der Waals surface area contributed by atoms with Crippen LogP contribution in [0.4, 0.5) is 0 Å². The van der Waals surface area contributed by atoms with Crippen molar-refractivity contribution in [3.8, 4) is 17.7 Å². The van der Waals surface area contributed by atoms with Crippen molar-refractivity contribution < 1.29 is 9.84 Å². The molecule has 3 aromatic rings. The van der Waals surface area contributed by atoms with Crippen LogP contribution in [0.15, 0.2) is 46.4 Å². The molecule has 0 radical (unpaired) electrons. The number of aryl methyl sites for hydroxylation is 1. The van der Waals surface area contributed by atoms with E-state index in [4.69, 9.17) is 21.2 Å². The van der Waals surface area contributed by atoms with E-state index in [1.807, 2.05) is 47.9 Å². The molecule has 5 N–H and O–H groups in total. The van der Waals surface area contributed by atoms with E-state index in [0.29, 0.717) is 41.0 Å². The number of aliphatic imine (C=N–C) groups is 2. The second kappa shape index (κ2) is 9.02. The summed E-state index contributed by atoms with van der Waals surface area (Å²) >= 11 is 0. The number of ether oxygens (including phenoxy) is 1. The lowest BCUT2D eigenvalue weighted by Gasteiger charge is -2.14. The van der Waals surface area contributed by atoms with Crippen LogP contribution in [0.5, 0.6) is 5.88 Å². The zero-order valence-electron chi connectivity index (χ0n) is 18.9. The normalized spacial score (nSPS) is 14.5. The first-order valence-corrected chi connectivity index (χ1v) is 10.7. The maximum atomic E-state index is 10.1. The van der Waals surface area contributed by atoms with Crippen LogP contribution in [0.2, 0.25) is 0 Å². The number of hydrogen-bond acceptors (Lipinski definition) is 8. The molecular formula is C24H27N7O2. The van der Waals surface area contributed by atoms with Crippen LogP contribution < -0.4 is 16.2 Å². The maximum absolute atomic E-state index is 10.1. The van der Waals surface area contributed by atoms with E-state index in [-0.39, 0.29) is 19.3 Å². The number of nitrogens with two attached hydrogens (primary N) is 2. The van der Waals surface area contributed by atoms with Crippen molar-refractivity contribution in [2.45, 2.75) is 39.0 Å². The van der Waals surface area contributed by atoms with Crippen molar-refractivity contribution in [3.05, 3.63) is 53.5 Å². The number of aliphatic hydroxyl groups is 1. The standard InChI is InChI=1S/C24H27N7O2/c1-4-31-18-12-19(33-13-16(25)15-8-6-5-7-9-15)29-17(10-11-24(2,3)32)20(18)30-23(31)21-22(26)28-14-27-21/h5-9,12,16,32H,4,13-14,25H2,1-3H3,(H2,26,28)/t16-/m0/s1. The quantitative estimate of drug-likeness (QED) is 0.495. The van der Waals surface area contributed by atoms with Crippen LogP contribution >= 0.6 is 0 Å². The van der Waals surface area contributed by atoms with Crippen LogP contribution in [0.3, 0.4) is 0 Å². The molecule has 0 spiro atoms. The third-order valence-corrected chi connectivity index (χ3v) is 5.08. The van der Waals surface area contributed by atoms with E-state index >= 15 is 0 Å². The zero-order valence-corrected chi connectivity index (χ0v) is 18.9. The molecule has 0 saturated heterocycles. The summed E-state index contributed by atoms with van der Waals surface area (Å²) in [5, 5.41) is 10.1. The fraction of sp³-hybridized carbons (Fsp3) is 0.333. The highest BCUT2D eigenvalue weighted by atomic mass is 16.5. The summed E-state index contributed by atoms with van der Waals surface area (Å²) in [6, 6.07) is 11.2. The Morgan fingerprint density at radius 2 is 1.97 bits per heavy atom. The van der Waals surface area contributed by atoms with E-state index in [2.05, 4.69) is 26.8 Å². The Kier molecular flexibility index (Phi) is 6.14. The van der Waals surface area contributed by atoms with Crippen molar-refractivity contribution in [2.24, 2.45) is 21.5 Å². The van der Waals surface area contributed by atoms with Gasteiger partial charge in [-0.3, -0.25) is 4.99 Å². The van der Waals surface area contributed by atoms with E-state index < -0.39 is 5.60 Å². The fourth-order valence-corrected chi connectivity index (χ4v) is 3.47. The Morgan fingerprint density at radius 3 is 2.61 bits per heavy atom. The van der Waals surface area contributed by atoms with Gasteiger partial charge in [-0.25, -0.2) is 15.0 Å². The van der Waals surface area contributed by atoms with Gasteiger partial charge in [-0.2, -0.15) is 0 Å². The molecule has 9 nitrogen and oxygen atoms in total. The molecule has 2 aromatic heterocycles. The molecule has 3 heterocycles. The molecule has 1 aliphatic heterocycles. The first kappa shape index (κ1) is 22.5. The van der Waals surface area contributed by atoms with E-state index in [1.54, 1.807) is 13.8 Å². The van der Waals surface area contributed by atoms with Gasteiger partial charge in [0.15, 0.2) is 5.82 Å². The highest BCUT2D eigenvalue weighted by molar-refractivity contribution is 6.47. The predicted molar refractivity (Wildman–Crippen MR) is 128 cm³/mol. The van der Waals surface area contributed by atoms with Gasteiger partial charge < -0.3 is 25.9 Å². The van der Waals surface area contributed by atoms with Crippen LogP contribution in [-0.4, -0.2) is 50.1 Å². The van der Waals surface area contributed by atoms with Gasteiger partial charge in [0.2, 0.25) is 5.88 Å². The fourth-order valence-electron chi connectivity index (χ4n) is 3.47. The average Bonchev–Trinajstić information content (AvgIpc) is 3.38. The van der Waals surface area contributed by atoms with Gasteiger partial charge in [0.25, 0.3) is 0 Å². The Hall–Kier alpha value is -3.74. The van der Waals surface area contributed by atoms with Crippen molar-refractivity contribution in [3.63, 3.8) is 0 Å². The molecule has 9 heteroatoms. The monoisotopic (exact) mass is 445 g/mol. The molecule has 0 unspecified atom stereocenters. The lowest BCUT2D eigenvalue weighted by Crippen LogP contribution is -2.25. The molecule has 0 bridgehead atoms. The largest absolute Gasteiger partial charge is 0.476 e. The van der Waals surface area contributed by atoms with Crippen LogP contribution in [0, 0.1) is 11.8 Å². The first-order valence-electron chi connectivity index (χ1n) is 10.7. The number of pyridine rings is 1. The molecule has 1 atom stereocenters. The topological polar surface area (TPSA) is 137 Å². The first-order chi connectivity index (χ1) is 15.8. The van der Waals surface area contributed by atoms with E-state index in [0.717, 1.165) is 11.1 Å². The molecule has 4 rings (SSSR count). The van der Waals surface area contributed by atoms with Crippen molar-refractivity contribution in [1.82, 2.24) is 14.5 Å². The summed E-state index contributed by atoms with van der Waals surface area (Å²) in [6.45, 7) is 6.35. The number of aromatic nitrogens is 3. The minimum absolute atomic E-state index is 0.236. The Morgan fingerprint density at radius 1 is 1.21 bits per heavy atom. The van der Waals surface area contributed by atoms with Gasteiger partial charge in [0.1, 0.15) is 41.6 Å². The molecule has 1 aliphatic rings. The minimum atomic E-state index is -1.19. The van der Waals surface area contributed by atoms with Gasteiger partial charge >= 0.3 is 0 Å². The molecule has 33 heavy (non-hydrogen) atoms. The molecule has 0 fully saturated rings. The smallest absolute Gasteiger partial charge is 0.216 e. The molecular weight excluding hydrogens is 418 g/mol. The Bertz CT molecular complexity index is 1290. The highest BCUT2D eigenvalue weighted by Crippen LogP contribution is 2.25. The van der Waals surface area contributed by atoms with Gasteiger partial charge in [-0.1, -0.05) is 36.3 Å². The summed E-state index contributed by atoms with van der Waals surface area (Å²) in [7, 11) is 0. The second-order valence-electron chi connectivity index (χ2n) is 8.19. The number of fused-ring (bicyclic) bond motifs is 1. The third kappa shape index (κ3) is 4.87. The number of amidine groups is 1. The van der Waals surface area contributed by atoms with Gasteiger partial charge in [-0.05, 0) is 32.3 Å². The van der Waals surface area contributed by atoms with E-state index in [9.17, 15) is 5.11 Å². The second-order valence-corrected chi connectivity index (χ2v) is 8.19. The van der Waals surface area contributed by atoms with Crippen LogP contribution in [0.25, 0.3) is 11.0 Å². The summed E-state index contributed by atoms with van der Waals surface area (Å²) in [4.78, 5) is 17.8. The lowest BCUT2D eigenvalue weighted by atomic mass is 10.1. The molecule has 0 amide bonds. The Labute approximate surface area is 192 Å². The van der Waals surface area contributed by atoms with Crippen LogP contribution in [0.1, 0.15) is 43.9 Å². The van der Waals surface area contributed by atoms with Crippen LogP contribution in [-0.2, 0) is 6.54 Å². The van der Waals surface area contributed by atoms with Gasteiger partial charge in [0.05, 0.1) is 11.6 Å².